The lowest BCUT2D eigenvalue weighted by Gasteiger charge is -2.34. The molecule has 0 aliphatic carbocycles. The van der Waals surface area contributed by atoms with Crippen LogP contribution in [0.25, 0.3) is 0 Å². The van der Waals surface area contributed by atoms with E-state index in [-0.39, 0.29) is 0 Å². The van der Waals surface area contributed by atoms with Crippen molar-refractivity contribution in [3.8, 4) is 5.75 Å². The lowest BCUT2D eigenvalue weighted by atomic mass is 10.2. The van der Waals surface area contributed by atoms with Gasteiger partial charge >= 0.3 is 0 Å². The quantitative estimate of drug-likeness (QED) is 0.875. The van der Waals surface area contributed by atoms with E-state index in [1.54, 1.807) is 0 Å². The van der Waals surface area contributed by atoms with Gasteiger partial charge in [-0.05, 0) is 25.5 Å². The van der Waals surface area contributed by atoms with Crippen LogP contribution >= 0.6 is 0 Å². The van der Waals surface area contributed by atoms with Crippen molar-refractivity contribution in [3.63, 3.8) is 0 Å². The Morgan fingerprint density at radius 2 is 2.26 bits per heavy atom. The summed E-state index contributed by atoms with van der Waals surface area (Å²) in [5.41, 5.74) is 1.09. The molecule has 0 aromatic heterocycles. The molecule has 4 heteroatoms. The molecule has 1 aliphatic heterocycles. The van der Waals surface area contributed by atoms with Crippen molar-refractivity contribution in [2.45, 2.75) is 26.0 Å². The molecule has 4 nitrogen and oxygen atoms in total. The monoisotopic (exact) mass is 265 g/mol. The predicted octanol–water partition coefficient (Wildman–Crippen LogP) is 1.46. The van der Waals surface area contributed by atoms with Gasteiger partial charge in [0.1, 0.15) is 18.5 Å². The summed E-state index contributed by atoms with van der Waals surface area (Å²) in [6.07, 6.45) is -0.472. The molecule has 1 aromatic carbocycles. The summed E-state index contributed by atoms with van der Waals surface area (Å²) in [7, 11) is 0. The lowest BCUT2D eigenvalue weighted by Crippen LogP contribution is -2.47. The number of nitrogens with zero attached hydrogens (tertiary/aromatic N) is 1. The average Bonchev–Trinajstić information content (AvgIpc) is 2.40. The molecule has 1 N–H and O–H groups in total. The van der Waals surface area contributed by atoms with Crippen LogP contribution in [0.2, 0.25) is 0 Å². The van der Waals surface area contributed by atoms with Crippen molar-refractivity contribution < 1.29 is 14.6 Å². The molecule has 1 heterocycles. The SMILES string of the molecule is Cc1ccccc1OCC(O)CN1CCOCC1C. The van der Waals surface area contributed by atoms with Crippen molar-refractivity contribution in [1.82, 2.24) is 4.90 Å². The zero-order valence-electron chi connectivity index (χ0n) is 11.7. The first-order valence-electron chi connectivity index (χ1n) is 6.85. The Bertz CT molecular complexity index is 397. The number of para-hydroxylation sites is 1. The minimum atomic E-state index is -0.472. The molecule has 19 heavy (non-hydrogen) atoms. The standard InChI is InChI=1S/C15H23NO3/c1-12-5-3-4-6-15(12)19-11-14(17)9-16-7-8-18-10-13(16)2/h3-6,13-14,17H,7-11H2,1-2H3. The third kappa shape index (κ3) is 4.20. The molecule has 0 amide bonds. The maximum absolute atomic E-state index is 10.1. The average molecular weight is 265 g/mol. The van der Waals surface area contributed by atoms with Crippen molar-refractivity contribution in [2.75, 3.05) is 32.9 Å². The Kier molecular flexibility index (Phi) is 5.19. The van der Waals surface area contributed by atoms with E-state index in [4.69, 9.17) is 9.47 Å². The number of aliphatic hydroxyl groups is 1. The van der Waals surface area contributed by atoms with E-state index >= 15 is 0 Å². The maximum Gasteiger partial charge on any atom is 0.122 e. The number of ether oxygens (including phenoxy) is 2. The second-order valence-electron chi connectivity index (χ2n) is 5.15. The van der Waals surface area contributed by atoms with Crippen molar-refractivity contribution in [1.29, 1.82) is 0 Å². The number of aliphatic hydroxyl groups excluding tert-OH is 1. The zero-order chi connectivity index (χ0) is 13.7. The van der Waals surface area contributed by atoms with Gasteiger partial charge in [-0.1, -0.05) is 18.2 Å². The van der Waals surface area contributed by atoms with Crippen LogP contribution in [-0.2, 0) is 4.74 Å². The minimum absolute atomic E-state index is 0.328. The van der Waals surface area contributed by atoms with Gasteiger partial charge in [-0.3, -0.25) is 4.90 Å². The summed E-state index contributed by atoms with van der Waals surface area (Å²) in [5.74, 6) is 0.844. The highest BCUT2D eigenvalue weighted by Crippen LogP contribution is 2.16. The van der Waals surface area contributed by atoms with Crippen molar-refractivity contribution in [3.05, 3.63) is 29.8 Å². The van der Waals surface area contributed by atoms with Crippen LogP contribution in [0.15, 0.2) is 24.3 Å². The second kappa shape index (κ2) is 6.89. The summed E-state index contributed by atoms with van der Waals surface area (Å²) in [6, 6.07) is 8.22. The van der Waals surface area contributed by atoms with Gasteiger partial charge in [0.25, 0.3) is 0 Å². The molecule has 2 rings (SSSR count). The fourth-order valence-electron chi connectivity index (χ4n) is 2.26. The summed E-state index contributed by atoms with van der Waals surface area (Å²) in [4.78, 5) is 2.25. The summed E-state index contributed by atoms with van der Waals surface area (Å²) >= 11 is 0. The first-order chi connectivity index (χ1) is 9.16. The van der Waals surface area contributed by atoms with Crippen LogP contribution in [0.3, 0.4) is 0 Å². The second-order valence-corrected chi connectivity index (χ2v) is 5.15. The van der Waals surface area contributed by atoms with E-state index in [0.29, 0.717) is 19.2 Å². The number of rotatable bonds is 5. The molecule has 1 saturated heterocycles. The Balaban J connectivity index is 1.78. The van der Waals surface area contributed by atoms with Crippen LogP contribution in [0.5, 0.6) is 5.75 Å². The highest BCUT2D eigenvalue weighted by Gasteiger charge is 2.21. The smallest absolute Gasteiger partial charge is 0.122 e. The van der Waals surface area contributed by atoms with E-state index in [9.17, 15) is 5.11 Å². The number of morpholine rings is 1. The van der Waals surface area contributed by atoms with E-state index in [1.165, 1.54) is 0 Å². The number of β-amino-alcohol motifs (C(OH)–C–C–N with tert-alkyl or cyclic N) is 1. The normalized spacial score (nSPS) is 22.2. The summed E-state index contributed by atoms with van der Waals surface area (Å²) in [5, 5.41) is 10.1. The molecule has 1 aromatic rings. The Morgan fingerprint density at radius 1 is 1.47 bits per heavy atom. The van der Waals surface area contributed by atoms with E-state index in [1.807, 2.05) is 31.2 Å². The molecule has 0 bridgehead atoms. The van der Waals surface area contributed by atoms with Gasteiger partial charge in [0, 0.05) is 19.1 Å². The van der Waals surface area contributed by atoms with Crippen LogP contribution < -0.4 is 4.74 Å². The van der Waals surface area contributed by atoms with Crippen LogP contribution in [0, 0.1) is 6.92 Å². The van der Waals surface area contributed by atoms with Crippen molar-refractivity contribution >= 4 is 0 Å². The molecule has 1 aliphatic rings. The van der Waals surface area contributed by atoms with Gasteiger partial charge in [0.15, 0.2) is 0 Å². The largest absolute Gasteiger partial charge is 0.491 e. The molecule has 2 atom stereocenters. The first-order valence-corrected chi connectivity index (χ1v) is 6.85. The number of aryl methyl sites for hydroxylation is 1. The molecule has 0 radical (unpaired) electrons. The topological polar surface area (TPSA) is 41.9 Å². The van der Waals surface area contributed by atoms with Gasteiger partial charge in [-0.25, -0.2) is 0 Å². The summed E-state index contributed by atoms with van der Waals surface area (Å²) in [6.45, 7) is 7.45. The van der Waals surface area contributed by atoms with Gasteiger partial charge in [-0.15, -0.1) is 0 Å². The zero-order valence-corrected chi connectivity index (χ0v) is 11.7. The molecule has 106 valence electrons. The third-order valence-electron chi connectivity index (χ3n) is 3.48. The third-order valence-corrected chi connectivity index (χ3v) is 3.48. The van der Waals surface area contributed by atoms with Crippen LogP contribution in [-0.4, -0.2) is 55.1 Å². The van der Waals surface area contributed by atoms with E-state index in [0.717, 1.165) is 31.1 Å². The Labute approximate surface area is 114 Å². The fraction of sp³-hybridized carbons (Fsp3) is 0.600. The minimum Gasteiger partial charge on any atom is -0.491 e. The lowest BCUT2D eigenvalue weighted by molar-refractivity contribution is -0.0266. The number of benzene rings is 1. The summed E-state index contributed by atoms with van der Waals surface area (Å²) < 4.78 is 11.1. The Hall–Kier alpha value is -1.10. The van der Waals surface area contributed by atoms with E-state index in [2.05, 4.69) is 11.8 Å². The van der Waals surface area contributed by atoms with Gasteiger partial charge < -0.3 is 14.6 Å². The van der Waals surface area contributed by atoms with Crippen molar-refractivity contribution in [2.24, 2.45) is 0 Å². The fourth-order valence-corrected chi connectivity index (χ4v) is 2.26. The van der Waals surface area contributed by atoms with Gasteiger partial charge in [-0.2, -0.15) is 0 Å². The highest BCUT2D eigenvalue weighted by atomic mass is 16.5. The molecular weight excluding hydrogens is 242 g/mol. The number of hydrogen-bond donors (Lipinski definition) is 1. The van der Waals surface area contributed by atoms with Gasteiger partial charge in [0.2, 0.25) is 0 Å². The van der Waals surface area contributed by atoms with Crippen LogP contribution in [0.1, 0.15) is 12.5 Å². The Morgan fingerprint density at radius 3 is 3.00 bits per heavy atom. The van der Waals surface area contributed by atoms with Gasteiger partial charge in [0.05, 0.1) is 13.2 Å². The molecule has 2 unspecified atom stereocenters. The first kappa shape index (κ1) is 14.3. The molecule has 0 saturated carbocycles. The number of hydrogen-bond acceptors (Lipinski definition) is 4. The maximum atomic E-state index is 10.1. The van der Waals surface area contributed by atoms with Crippen LogP contribution in [0.4, 0.5) is 0 Å². The molecular formula is C15H23NO3. The molecule has 0 spiro atoms. The highest BCUT2D eigenvalue weighted by molar-refractivity contribution is 5.31. The molecule has 1 fully saturated rings. The predicted molar refractivity (Wildman–Crippen MR) is 74.5 cm³/mol. The van der Waals surface area contributed by atoms with E-state index < -0.39 is 6.10 Å².